The first-order valence-electron chi connectivity index (χ1n) is 16.8. The van der Waals surface area contributed by atoms with Gasteiger partial charge in [0.1, 0.15) is 17.2 Å². The molecule has 2 fully saturated rings. The van der Waals surface area contributed by atoms with Gasteiger partial charge in [0.25, 0.3) is 5.92 Å². The van der Waals surface area contributed by atoms with Crippen LogP contribution < -0.4 is 10.1 Å². The summed E-state index contributed by atoms with van der Waals surface area (Å²) in [5.74, 6) is -6.48. The number of nitrogens with zero attached hydrogens (tertiary/aromatic N) is 2. The predicted molar refractivity (Wildman–Crippen MR) is 174 cm³/mol. The lowest BCUT2D eigenvalue weighted by atomic mass is 9.76. The zero-order valence-electron chi connectivity index (χ0n) is 28.7. The van der Waals surface area contributed by atoms with Crippen LogP contribution in [0.15, 0.2) is 48.5 Å². The molecule has 1 amide bonds. The molecule has 7 nitrogen and oxygen atoms in total. The number of benzene rings is 3. The number of alkyl halides is 11. The Morgan fingerprint density at radius 2 is 1.44 bits per heavy atom. The molecule has 2 heterocycles. The number of piperidine rings is 2. The summed E-state index contributed by atoms with van der Waals surface area (Å²) >= 11 is 0. The number of methoxy groups -OCH3 is 1. The molecule has 2 aliphatic heterocycles. The number of carbonyl (C=O) groups excluding carboxylic acids is 1. The van der Waals surface area contributed by atoms with Gasteiger partial charge in [-0.25, -0.2) is 13.6 Å². The van der Waals surface area contributed by atoms with Crippen molar-refractivity contribution in [2.75, 3.05) is 39.8 Å². The molecule has 0 unspecified atom stereocenters. The molecule has 0 aromatic heterocycles. The average molecular weight is 784 g/mol. The Morgan fingerprint density at radius 3 is 2.00 bits per heavy atom. The summed E-state index contributed by atoms with van der Waals surface area (Å²) in [4.78, 5) is 27.9. The number of carboxylic acid groups (broad SMARTS) is 1. The summed E-state index contributed by atoms with van der Waals surface area (Å²) in [6, 6.07) is 8.80. The summed E-state index contributed by atoms with van der Waals surface area (Å²) in [5, 5.41) is 12.3. The number of amides is 1. The van der Waals surface area contributed by atoms with Crippen LogP contribution in [0.2, 0.25) is 0 Å². The van der Waals surface area contributed by atoms with Crippen molar-refractivity contribution in [3.63, 3.8) is 0 Å². The van der Waals surface area contributed by atoms with Crippen molar-refractivity contribution in [1.82, 2.24) is 15.1 Å². The highest BCUT2D eigenvalue weighted by Gasteiger charge is 2.61. The maximum Gasteiger partial charge on any atom is 0.417 e. The van der Waals surface area contributed by atoms with Crippen LogP contribution in [0.3, 0.4) is 0 Å². The number of halogens is 11. The van der Waals surface area contributed by atoms with Gasteiger partial charge in [0, 0.05) is 44.5 Å². The number of fused-ring (bicyclic) bond motifs is 1. The molecule has 296 valence electrons. The third kappa shape index (κ3) is 9.01. The molecule has 2 aliphatic rings. The van der Waals surface area contributed by atoms with Crippen LogP contribution in [0.4, 0.5) is 48.3 Å². The molecule has 1 atom stereocenters. The van der Waals surface area contributed by atoms with Gasteiger partial charge in [-0.15, -0.1) is 0 Å². The number of carbonyl (C=O) groups is 2. The van der Waals surface area contributed by atoms with Gasteiger partial charge in [-0.2, -0.15) is 39.5 Å². The summed E-state index contributed by atoms with van der Waals surface area (Å²) in [6.07, 6.45) is -18.4. The van der Waals surface area contributed by atoms with Crippen LogP contribution in [0.1, 0.15) is 42.4 Å². The van der Waals surface area contributed by atoms with E-state index in [0.717, 1.165) is 18.1 Å². The zero-order valence-corrected chi connectivity index (χ0v) is 28.7. The second-order valence-electron chi connectivity index (χ2n) is 13.7. The van der Waals surface area contributed by atoms with E-state index in [2.05, 4.69) is 0 Å². The Bertz CT molecular complexity index is 1840. The summed E-state index contributed by atoms with van der Waals surface area (Å²) < 4.78 is 159. The molecule has 0 spiro atoms. The van der Waals surface area contributed by atoms with E-state index >= 15 is 0 Å². The van der Waals surface area contributed by atoms with Gasteiger partial charge in [-0.1, -0.05) is 36.4 Å². The first-order chi connectivity index (χ1) is 25.0. The maximum absolute atomic E-state index is 14.7. The molecular weight excluding hydrogens is 747 g/mol. The molecule has 0 aliphatic carbocycles. The maximum atomic E-state index is 14.7. The van der Waals surface area contributed by atoms with Crippen LogP contribution in [0.25, 0.3) is 21.9 Å². The summed E-state index contributed by atoms with van der Waals surface area (Å²) in [5.41, 5.74) is -4.30. The van der Waals surface area contributed by atoms with Crippen LogP contribution in [0.5, 0.6) is 5.75 Å². The average Bonchev–Trinajstić information content (AvgIpc) is 3.07. The van der Waals surface area contributed by atoms with Crippen molar-refractivity contribution >= 4 is 22.6 Å². The van der Waals surface area contributed by atoms with Crippen molar-refractivity contribution < 1.29 is 67.7 Å². The molecule has 5 rings (SSSR count). The van der Waals surface area contributed by atoms with Crippen LogP contribution in [-0.2, 0) is 28.7 Å². The van der Waals surface area contributed by atoms with Crippen molar-refractivity contribution in [1.29, 1.82) is 0 Å². The molecule has 0 saturated carbocycles. The minimum absolute atomic E-state index is 0.0141. The molecular formula is C36H36F11N3O4. The molecule has 2 saturated heterocycles. The smallest absolute Gasteiger partial charge is 0.417 e. The molecule has 0 bridgehead atoms. The number of rotatable bonds is 10. The molecule has 18 heteroatoms. The summed E-state index contributed by atoms with van der Waals surface area (Å²) in [7, 11) is 1.16. The van der Waals surface area contributed by atoms with Gasteiger partial charge >= 0.3 is 24.5 Å². The lowest BCUT2D eigenvalue weighted by Gasteiger charge is -2.42. The highest BCUT2D eigenvalue weighted by molar-refractivity contribution is 6.01. The molecule has 3 aromatic rings. The number of likely N-dealkylation sites (tertiary alicyclic amines) is 2. The first-order valence-corrected chi connectivity index (χ1v) is 16.8. The topological polar surface area (TPSA) is 82.1 Å². The predicted octanol–water partition coefficient (Wildman–Crippen LogP) is 8.08. The Kier molecular flexibility index (Phi) is 11.5. The third-order valence-corrected chi connectivity index (χ3v) is 10.1. The second kappa shape index (κ2) is 15.2. The minimum atomic E-state index is -5.23. The lowest BCUT2D eigenvalue weighted by Crippen LogP contribution is -2.59. The number of aliphatic carboxylic acids is 1. The van der Waals surface area contributed by atoms with E-state index in [1.54, 1.807) is 4.90 Å². The molecule has 3 aromatic carbocycles. The highest BCUT2D eigenvalue weighted by atomic mass is 19.4. The SMILES string of the molecule is COc1cc(CN2CCC(F)(F)CC2)cc(C(F)(F)F)c1-c1cccc2c(C[C@H](NC(=O)C3(C(F)(F)F)CCN(CC(F)(F)F)CC3)C(=O)O)cccc12. The summed E-state index contributed by atoms with van der Waals surface area (Å²) in [6.45, 7) is -3.04. The normalized spacial score (nSPS) is 19.0. The quantitative estimate of drug-likeness (QED) is 0.203. The van der Waals surface area contributed by atoms with Crippen molar-refractivity contribution in [2.45, 2.75) is 69.1 Å². The van der Waals surface area contributed by atoms with E-state index in [1.807, 2.05) is 5.32 Å². The fraction of sp³-hybridized carbons (Fsp3) is 0.500. The van der Waals surface area contributed by atoms with Gasteiger partial charge < -0.3 is 15.2 Å². The fourth-order valence-corrected chi connectivity index (χ4v) is 7.20. The largest absolute Gasteiger partial charge is 0.496 e. The van der Waals surface area contributed by atoms with Gasteiger partial charge in [0.2, 0.25) is 5.91 Å². The van der Waals surface area contributed by atoms with Gasteiger partial charge in [-0.05, 0) is 65.5 Å². The van der Waals surface area contributed by atoms with Crippen LogP contribution >= 0.6 is 0 Å². The standard InChI is InChI=1S/C36H36F11N3O4/c1-54-28-17-21(19-49-14-10-33(37,38)11-15-49)16-26(35(42,43)44)29(28)25-7-3-5-23-22(4-2-6-24(23)25)18-27(30(51)52)48-31(53)32(36(45,46)47)8-12-50(13-9-32)20-34(39,40)41/h2-7,16-17,27H,8-15,18-20H2,1H3,(H,48,53)(H,51,52)/t27-/m0/s1. The monoisotopic (exact) mass is 783 g/mol. The van der Waals surface area contributed by atoms with E-state index in [1.165, 1.54) is 42.5 Å². The van der Waals surface area contributed by atoms with E-state index in [0.29, 0.717) is 0 Å². The van der Waals surface area contributed by atoms with Crippen molar-refractivity contribution in [3.05, 3.63) is 65.2 Å². The minimum Gasteiger partial charge on any atom is -0.496 e. The van der Waals surface area contributed by atoms with Gasteiger partial charge in [0.15, 0.2) is 0 Å². The fourth-order valence-electron chi connectivity index (χ4n) is 7.20. The highest BCUT2D eigenvalue weighted by Crippen LogP contribution is 2.48. The van der Waals surface area contributed by atoms with Gasteiger partial charge in [0.05, 0.1) is 19.2 Å². The lowest BCUT2D eigenvalue weighted by molar-refractivity contribution is -0.236. The van der Waals surface area contributed by atoms with E-state index in [4.69, 9.17) is 4.74 Å². The number of ether oxygens (including phenoxy) is 1. The van der Waals surface area contributed by atoms with Crippen molar-refractivity contribution in [2.24, 2.45) is 5.41 Å². The van der Waals surface area contributed by atoms with Gasteiger partial charge in [-0.3, -0.25) is 14.6 Å². The van der Waals surface area contributed by atoms with E-state index < -0.39 is 105 Å². The molecule has 54 heavy (non-hydrogen) atoms. The molecule has 0 radical (unpaired) electrons. The number of nitrogens with one attached hydrogen (secondary N) is 1. The number of hydrogen-bond acceptors (Lipinski definition) is 5. The Morgan fingerprint density at radius 1 is 0.852 bits per heavy atom. The number of hydrogen-bond donors (Lipinski definition) is 2. The Labute approximate surface area is 302 Å². The van der Waals surface area contributed by atoms with E-state index in [-0.39, 0.29) is 58.4 Å². The second-order valence-corrected chi connectivity index (χ2v) is 13.7. The third-order valence-electron chi connectivity index (χ3n) is 10.1. The van der Waals surface area contributed by atoms with Crippen LogP contribution in [0, 0.1) is 5.41 Å². The Hall–Kier alpha value is -4.19. The number of carboxylic acids is 1. The molecule has 2 N–H and O–H groups in total. The first kappa shape index (κ1) is 41.0. The van der Waals surface area contributed by atoms with Crippen LogP contribution in [-0.4, -0.2) is 90.9 Å². The Balaban J connectivity index is 1.47. The van der Waals surface area contributed by atoms with Crippen molar-refractivity contribution in [3.8, 4) is 16.9 Å². The zero-order chi connectivity index (χ0) is 39.9. The van der Waals surface area contributed by atoms with E-state index in [9.17, 15) is 63.0 Å².